The first kappa shape index (κ1) is 23.1. The maximum Gasteiger partial charge on any atom is 0.330 e. The molecule has 0 atom stereocenters. The minimum absolute atomic E-state index is 0.286. The van der Waals surface area contributed by atoms with E-state index in [1.165, 1.54) is 30.3 Å². The van der Waals surface area contributed by atoms with Crippen molar-refractivity contribution >= 4 is 5.97 Å². The largest absolute Gasteiger partial charge is 0.463 e. The van der Waals surface area contributed by atoms with Crippen LogP contribution in [0.25, 0.3) is 0 Å². The van der Waals surface area contributed by atoms with Crippen LogP contribution in [0.5, 0.6) is 0 Å². The third kappa shape index (κ3) is 7.26. The number of piperidine rings is 1. The molecule has 0 aliphatic carbocycles. The Morgan fingerprint density at radius 3 is 2.10 bits per heavy atom. The van der Waals surface area contributed by atoms with E-state index in [4.69, 9.17) is 9.47 Å². The molecule has 2 aromatic carbocycles. The van der Waals surface area contributed by atoms with Gasteiger partial charge in [0.2, 0.25) is 0 Å². The Morgan fingerprint density at radius 1 is 1.03 bits per heavy atom. The summed E-state index contributed by atoms with van der Waals surface area (Å²) in [5, 5.41) is 0. The second-order valence-corrected chi connectivity index (χ2v) is 7.64. The Hall–Kier alpha value is -2.57. The third-order valence-corrected chi connectivity index (χ3v) is 5.46. The summed E-state index contributed by atoms with van der Waals surface area (Å²) in [4.78, 5) is 13.8. The number of benzene rings is 2. The molecule has 0 saturated carbocycles. The van der Waals surface area contributed by atoms with Crippen molar-refractivity contribution in [1.29, 1.82) is 0 Å². The highest BCUT2D eigenvalue weighted by molar-refractivity contribution is 5.81. The molecule has 1 fully saturated rings. The van der Waals surface area contributed by atoms with E-state index in [-0.39, 0.29) is 23.7 Å². The van der Waals surface area contributed by atoms with Crippen LogP contribution in [-0.4, -0.2) is 43.7 Å². The van der Waals surface area contributed by atoms with Gasteiger partial charge in [-0.15, -0.1) is 0 Å². The summed E-state index contributed by atoms with van der Waals surface area (Å²) in [5.41, 5.74) is 1.66. The Balaban J connectivity index is 1.51. The quantitative estimate of drug-likeness (QED) is 0.420. The molecule has 1 saturated heterocycles. The third-order valence-electron chi connectivity index (χ3n) is 5.46. The molecule has 0 radical (unpaired) electrons. The van der Waals surface area contributed by atoms with Gasteiger partial charge in [0.25, 0.3) is 0 Å². The van der Waals surface area contributed by atoms with Crippen molar-refractivity contribution in [2.45, 2.75) is 25.9 Å². The normalized spacial score (nSPS) is 15.6. The second kappa shape index (κ2) is 11.7. The molecular formula is C25H29F2NO3. The van der Waals surface area contributed by atoms with E-state index in [0.717, 1.165) is 43.6 Å². The van der Waals surface area contributed by atoms with Crippen LogP contribution in [0.4, 0.5) is 8.78 Å². The standard InChI is InChI=1S/C25H29F2NO3/c1-2-30-24(29)12-3-19-13-15-28(16-14-19)17-18-31-25(20-4-8-22(26)9-5-20)21-6-10-23(27)11-7-21/h3-12,19,25H,2,13-18H2,1H3. The number of likely N-dealkylation sites (tertiary alicyclic amines) is 1. The van der Waals surface area contributed by atoms with Gasteiger partial charge in [-0.2, -0.15) is 0 Å². The van der Waals surface area contributed by atoms with Crippen molar-refractivity contribution in [2.24, 2.45) is 5.92 Å². The molecule has 0 unspecified atom stereocenters. The Bertz CT molecular complexity index is 799. The number of hydrogen-bond acceptors (Lipinski definition) is 4. The van der Waals surface area contributed by atoms with Gasteiger partial charge in [0.1, 0.15) is 17.7 Å². The number of carbonyl (C=O) groups excluding carboxylic acids is 1. The molecule has 166 valence electrons. The SMILES string of the molecule is CCOC(=O)C=CC1CCN(CCOC(c2ccc(F)cc2)c2ccc(F)cc2)CC1. The molecule has 0 bridgehead atoms. The van der Waals surface area contributed by atoms with Crippen LogP contribution >= 0.6 is 0 Å². The van der Waals surface area contributed by atoms with Gasteiger partial charge in [-0.25, -0.2) is 13.6 Å². The highest BCUT2D eigenvalue weighted by Crippen LogP contribution is 2.27. The van der Waals surface area contributed by atoms with Crippen LogP contribution in [0.15, 0.2) is 60.7 Å². The molecule has 1 heterocycles. The predicted molar refractivity (Wildman–Crippen MR) is 116 cm³/mol. The molecule has 0 aromatic heterocycles. The maximum absolute atomic E-state index is 13.3. The minimum Gasteiger partial charge on any atom is -0.463 e. The zero-order valence-corrected chi connectivity index (χ0v) is 17.8. The molecule has 3 rings (SSSR count). The van der Waals surface area contributed by atoms with Gasteiger partial charge in [0.15, 0.2) is 0 Å². The Labute approximate surface area is 182 Å². The fourth-order valence-corrected chi connectivity index (χ4v) is 3.73. The fraction of sp³-hybridized carbons (Fsp3) is 0.400. The summed E-state index contributed by atoms with van der Waals surface area (Å²) < 4.78 is 37.8. The van der Waals surface area contributed by atoms with Gasteiger partial charge < -0.3 is 14.4 Å². The summed E-state index contributed by atoms with van der Waals surface area (Å²) in [6, 6.07) is 12.4. The van der Waals surface area contributed by atoms with E-state index in [0.29, 0.717) is 19.1 Å². The number of hydrogen-bond donors (Lipinski definition) is 0. The topological polar surface area (TPSA) is 38.8 Å². The van der Waals surface area contributed by atoms with E-state index < -0.39 is 0 Å². The van der Waals surface area contributed by atoms with Crippen LogP contribution < -0.4 is 0 Å². The van der Waals surface area contributed by atoms with Crippen LogP contribution in [0.2, 0.25) is 0 Å². The zero-order valence-electron chi connectivity index (χ0n) is 17.8. The van der Waals surface area contributed by atoms with E-state index >= 15 is 0 Å². The van der Waals surface area contributed by atoms with Crippen LogP contribution in [0.3, 0.4) is 0 Å². The average Bonchev–Trinajstić information content (AvgIpc) is 2.78. The molecule has 2 aromatic rings. The van der Waals surface area contributed by atoms with Crippen molar-refractivity contribution in [3.8, 4) is 0 Å². The van der Waals surface area contributed by atoms with E-state index in [9.17, 15) is 13.6 Å². The zero-order chi connectivity index (χ0) is 22.1. The van der Waals surface area contributed by atoms with Gasteiger partial charge in [-0.1, -0.05) is 30.3 Å². The molecule has 1 aliphatic heterocycles. The molecule has 31 heavy (non-hydrogen) atoms. The first-order chi connectivity index (χ1) is 15.0. The first-order valence-electron chi connectivity index (χ1n) is 10.7. The van der Waals surface area contributed by atoms with Gasteiger partial charge in [-0.05, 0) is 74.2 Å². The first-order valence-corrected chi connectivity index (χ1v) is 10.7. The molecule has 4 nitrogen and oxygen atoms in total. The van der Waals surface area contributed by atoms with Gasteiger partial charge in [-0.3, -0.25) is 0 Å². The molecule has 6 heteroatoms. The number of carbonyl (C=O) groups is 1. The molecule has 1 aliphatic rings. The molecule has 0 N–H and O–H groups in total. The van der Waals surface area contributed by atoms with Crippen LogP contribution in [0.1, 0.15) is 37.0 Å². The van der Waals surface area contributed by atoms with Crippen molar-refractivity contribution in [3.05, 3.63) is 83.4 Å². The Morgan fingerprint density at radius 2 is 1.58 bits per heavy atom. The molecule has 0 spiro atoms. The van der Waals surface area contributed by atoms with E-state index in [2.05, 4.69) is 4.90 Å². The highest BCUT2D eigenvalue weighted by atomic mass is 19.1. The minimum atomic E-state index is -0.383. The van der Waals surface area contributed by atoms with E-state index in [1.807, 2.05) is 6.08 Å². The number of rotatable bonds is 9. The number of ether oxygens (including phenoxy) is 2. The lowest BCUT2D eigenvalue weighted by Crippen LogP contribution is -2.35. The van der Waals surface area contributed by atoms with Crippen molar-refractivity contribution < 1.29 is 23.0 Å². The van der Waals surface area contributed by atoms with Crippen molar-refractivity contribution in [3.63, 3.8) is 0 Å². The molecular weight excluding hydrogens is 400 g/mol. The van der Waals surface area contributed by atoms with Crippen LogP contribution in [0, 0.1) is 17.6 Å². The summed E-state index contributed by atoms with van der Waals surface area (Å²) >= 11 is 0. The summed E-state index contributed by atoms with van der Waals surface area (Å²) in [6.45, 7) is 5.31. The van der Waals surface area contributed by atoms with Gasteiger partial charge in [0.05, 0.1) is 13.2 Å². The summed E-state index contributed by atoms with van der Waals surface area (Å²) in [7, 11) is 0. The lowest BCUT2D eigenvalue weighted by Gasteiger charge is -2.31. The number of allylic oxidation sites excluding steroid dienone is 1. The van der Waals surface area contributed by atoms with Crippen LogP contribution in [-0.2, 0) is 14.3 Å². The van der Waals surface area contributed by atoms with Gasteiger partial charge in [0, 0.05) is 12.6 Å². The number of halogens is 2. The number of nitrogens with zero attached hydrogens (tertiary/aromatic N) is 1. The fourth-order valence-electron chi connectivity index (χ4n) is 3.73. The monoisotopic (exact) mass is 429 g/mol. The lowest BCUT2D eigenvalue weighted by molar-refractivity contribution is -0.137. The Kier molecular flexibility index (Phi) is 8.74. The molecule has 0 amide bonds. The smallest absolute Gasteiger partial charge is 0.330 e. The average molecular weight is 430 g/mol. The van der Waals surface area contributed by atoms with Crippen molar-refractivity contribution in [2.75, 3.05) is 32.8 Å². The number of esters is 1. The maximum atomic E-state index is 13.3. The summed E-state index contributed by atoms with van der Waals surface area (Å²) in [6.07, 6.45) is 5.06. The second-order valence-electron chi connectivity index (χ2n) is 7.64. The van der Waals surface area contributed by atoms with E-state index in [1.54, 1.807) is 31.2 Å². The summed E-state index contributed by atoms with van der Waals surface area (Å²) in [5.74, 6) is -0.512. The predicted octanol–water partition coefficient (Wildman–Crippen LogP) is 4.90. The highest BCUT2D eigenvalue weighted by Gasteiger charge is 2.19. The lowest BCUT2D eigenvalue weighted by atomic mass is 9.96. The van der Waals surface area contributed by atoms with Crippen molar-refractivity contribution in [1.82, 2.24) is 4.90 Å². The van der Waals surface area contributed by atoms with Gasteiger partial charge >= 0.3 is 5.97 Å².